The summed E-state index contributed by atoms with van der Waals surface area (Å²) in [5, 5.41) is 0. The van der Waals surface area contributed by atoms with Gasteiger partial charge in [0.25, 0.3) is 0 Å². The van der Waals surface area contributed by atoms with E-state index in [-0.39, 0.29) is 0 Å². The summed E-state index contributed by atoms with van der Waals surface area (Å²) in [6.45, 7) is 4.50. The topological polar surface area (TPSA) is 60.9 Å². The first-order chi connectivity index (χ1) is 6.13. The normalized spacial score (nSPS) is 13.1. The maximum Gasteiger partial charge on any atom is 0.200 e. The molecule has 0 aliphatic heterocycles. The molecule has 1 atom stereocenters. The summed E-state index contributed by atoms with van der Waals surface area (Å²) in [4.78, 5) is 4.06. The van der Waals surface area contributed by atoms with E-state index in [9.17, 15) is 4.21 Å². The van der Waals surface area contributed by atoms with Crippen molar-refractivity contribution in [2.24, 2.45) is 0 Å². The van der Waals surface area contributed by atoms with Gasteiger partial charge < -0.3 is 10.3 Å². The first-order valence-electron chi connectivity index (χ1n) is 4.27. The van der Waals surface area contributed by atoms with Crippen LogP contribution in [0.5, 0.6) is 0 Å². The molecule has 0 aliphatic carbocycles. The smallest absolute Gasteiger partial charge is 0.200 e. The molecule has 0 saturated heterocycles. The molecule has 0 spiro atoms. The van der Waals surface area contributed by atoms with Crippen molar-refractivity contribution >= 4 is 16.7 Å². The number of imidazole rings is 1. The third-order valence-electron chi connectivity index (χ3n) is 1.81. The van der Waals surface area contributed by atoms with Crippen molar-refractivity contribution < 1.29 is 4.21 Å². The van der Waals surface area contributed by atoms with E-state index >= 15 is 0 Å². The van der Waals surface area contributed by atoms with E-state index in [1.54, 1.807) is 0 Å². The van der Waals surface area contributed by atoms with Crippen LogP contribution in [0.15, 0.2) is 6.20 Å². The van der Waals surface area contributed by atoms with Gasteiger partial charge in [-0.25, -0.2) is 4.98 Å². The number of nitrogens with two attached hydrogens (primary N) is 1. The van der Waals surface area contributed by atoms with Crippen LogP contribution in [-0.2, 0) is 17.3 Å². The molecule has 13 heavy (non-hydrogen) atoms. The van der Waals surface area contributed by atoms with Crippen LogP contribution < -0.4 is 5.73 Å². The number of rotatable bonds is 4. The van der Waals surface area contributed by atoms with Gasteiger partial charge in [-0.15, -0.1) is 0 Å². The highest BCUT2D eigenvalue weighted by Gasteiger charge is 2.02. The van der Waals surface area contributed by atoms with Crippen LogP contribution in [0.2, 0.25) is 0 Å². The Balaban J connectivity index is 2.54. The van der Waals surface area contributed by atoms with Crippen LogP contribution >= 0.6 is 0 Å². The fourth-order valence-corrected chi connectivity index (χ4v) is 1.78. The molecule has 0 bridgehead atoms. The number of hydrogen-bond donors (Lipinski definition) is 1. The Morgan fingerprint density at radius 3 is 2.85 bits per heavy atom. The second kappa shape index (κ2) is 4.41. The lowest BCUT2D eigenvalue weighted by atomic mass is 10.6. The maximum atomic E-state index is 11.1. The summed E-state index contributed by atoms with van der Waals surface area (Å²) in [5.41, 5.74) is 6.52. The Morgan fingerprint density at radius 1 is 1.69 bits per heavy atom. The Labute approximate surface area is 80.6 Å². The second-order valence-electron chi connectivity index (χ2n) is 2.87. The number of anilines is 1. The molecule has 0 radical (unpaired) electrons. The highest BCUT2D eigenvalue weighted by molar-refractivity contribution is 7.84. The molecule has 0 saturated carbocycles. The maximum absolute atomic E-state index is 11.1. The van der Waals surface area contributed by atoms with Crippen molar-refractivity contribution in [2.75, 3.05) is 17.2 Å². The molecular formula is C8H15N3OS. The van der Waals surface area contributed by atoms with Gasteiger partial charge in [0.1, 0.15) is 0 Å². The van der Waals surface area contributed by atoms with Gasteiger partial charge in [-0.3, -0.25) is 4.21 Å². The van der Waals surface area contributed by atoms with Gasteiger partial charge in [0.05, 0.1) is 5.69 Å². The first kappa shape index (κ1) is 10.2. The van der Waals surface area contributed by atoms with Gasteiger partial charge in [-0.1, -0.05) is 6.92 Å². The minimum absolute atomic E-state index is 0.505. The Kier molecular flexibility index (Phi) is 3.48. The van der Waals surface area contributed by atoms with Gasteiger partial charge in [0.2, 0.25) is 0 Å². The zero-order valence-corrected chi connectivity index (χ0v) is 8.80. The van der Waals surface area contributed by atoms with Gasteiger partial charge >= 0.3 is 0 Å². The van der Waals surface area contributed by atoms with Crippen molar-refractivity contribution in [1.29, 1.82) is 0 Å². The summed E-state index contributed by atoms with van der Waals surface area (Å²) >= 11 is 0. The average Bonchev–Trinajstić information content (AvgIpc) is 2.41. The van der Waals surface area contributed by atoms with Crippen molar-refractivity contribution in [1.82, 2.24) is 9.55 Å². The molecule has 0 fully saturated rings. The number of nitrogens with zero attached hydrogens (tertiary/aromatic N) is 2. The molecule has 1 aromatic heterocycles. The molecule has 4 nitrogen and oxygen atoms in total. The minimum atomic E-state index is -0.731. The number of hydrogen-bond acceptors (Lipinski definition) is 3. The first-order valence-corrected chi connectivity index (χ1v) is 5.76. The predicted octanol–water partition coefficient (Wildman–Crippen LogP) is 0.542. The van der Waals surface area contributed by atoms with Crippen LogP contribution in [-0.4, -0.2) is 25.3 Å². The summed E-state index contributed by atoms with van der Waals surface area (Å²) in [7, 11) is -0.731. The van der Waals surface area contributed by atoms with Gasteiger partial charge in [0.15, 0.2) is 5.95 Å². The highest BCUT2D eigenvalue weighted by atomic mass is 32.2. The molecule has 1 heterocycles. The Bertz CT molecular complexity index is 308. The van der Waals surface area contributed by atoms with E-state index in [0.717, 1.165) is 5.69 Å². The van der Waals surface area contributed by atoms with E-state index in [1.165, 1.54) is 0 Å². The summed E-state index contributed by atoms with van der Waals surface area (Å²) < 4.78 is 13.0. The van der Waals surface area contributed by atoms with Crippen molar-refractivity contribution in [3.05, 3.63) is 11.9 Å². The van der Waals surface area contributed by atoms with Crippen LogP contribution in [0, 0.1) is 6.92 Å². The Morgan fingerprint density at radius 2 is 2.38 bits per heavy atom. The fourth-order valence-electron chi connectivity index (χ4n) is 1.09. The van der Waals surface area contributed by atoms with Crippen molar-refractivity contribution in [3.8, 4) is 0 Å². The molecule has 2 N–H and O–H groups in total. The van der Waals surface area contributed by atoms with Crippen molar-refractivity contribution in [3.63, 3.8) is 0 Å². The lowest BCUT2D eigenvalue weighted by molar-refractivity contribution is 0.675. The third-order valence-corrected chi connectivity index (χ3v) is 3.09. The summed E-state index contributed by atoms with van der Waals surface area (Å²) in [6.07, 6.45) is 1.88. The van der Waals surface area contributed by atoms with Crippen LogP contribution in [0.4, 0.5) is 5.95 Å². The monoisotopic (exact) mass is 201 g/mol. The SMILES string of the molecule is CCS(=O)CCn1cc(C)nc1N. The molecule has 0 amide bonds. The summed E-state index contributed by atoms with van der Waals surface area (Å²) in [5.74, 6) is 1.86. The fraction of sp³-hybridized carbons (Fsp3) is 0.625. The van der Waals surface area contributed by atoms with E-state index in [2.05, 4.69) is 4.98 Å². The third kappa shape index (κ3) is 2.84. The van der Waals surface area contributed by atoms with Crippen LogP contribution in [0.25, 0.3) is 0 Å². The molecule has 0 aromatic carbocycles. The van der Waals surface area contributed by atoms with Gasteiger partial charge in [-0.2, -0.15) is 0 Å². The molecule has 74 valence electrons. The molecule has 0 aliphatic rings. The number of aromatic nitrogens is 2. The number of nitrogen functional groups attached to an aromatic ring is 1. The van der Waals surface area contributed by atoms with E-state index in [4.69, 9.17) is 5.73 Å². The lowest BCUT2D eigenvalue weighted by Gasteiger charge is -2.02. The zero-order chi connectivity index (χ0) is 9.84. The van der Waals surface area contributed by atoms with E-state index < -0.39 is 10.8 Å². The zero-order valence-electron chi connectivity index (χ0n) is 7.99. The molecular weight excluding hydrogens is 186 g/mol. The minimum Gasteiger partial charge on any atom is -0.369 e. The highest BCUT2D eigenvalue weighted by Crippen LogP contribution is 2.03. The predicted molar refractivity (Wildman–Crippen MR) is 54.9 cm³/mol. The van der Waals surface area contributed by atoms with Gasteiger partial charge in [-0.05, 0) is 6.92 Å². The summed E-state index contributed by atoms with van der Waals surface area (Å²) in [6, 6.07) is 0. The molecule has 1 aromatic rings. The standard InChI is InChI=1S/C8H15N3OS/c1-3-13(12)5-4-11-6-7(2)10-8(11)9/h6H,3-5H2,1-2H3,(H2,9,10). The average molecular weight is 201 g/mol. The van der Waals surface area contributed by atoms with Crippen molar-refractivity contribution in [2.45, 2.75) is 20.4 Å². The second-order valence-corrected chi connectivity index (χ2v) is 4.73. The van der Waals surface area contributed by atoms with E-state index in [1.807, 2.05) is 24.6 Å². The largest absolute Gasteiger partial charge is 0.369 e. The van der Waals surface area contributed by atoms with Crippen LogP contribution in [0.1, 0.15) is 12.6 Å². The van der Waals surface area contributed by atoms with E-state index in [0.29, 0.717) is 24.0 Å². The molecule has 1 unspecified atom stereocenters. The Hall–Kier alpha value is -0.840. The molecule has 1 rings (SSSR count). The van der Waals surface area contributed by atoms with Gasteiger partial charge in [0, 0.05) is 35.0 Å². The van der Waals surface area contributed by atoms with Crippen LogP contribution in [0.3, 0.4) is 0 Å². The quantitative estimate of drug-likeness (QED) is 0.773. The molecule has 5 heteroatoms. The number of aryl methyl sites for hydroxylation is 2. The lowest BCUT2D eigenvalue weighted by Crippen LogP contribution is -2.10.